The van der Waals surface area contributed by atoms with Crippen LogP contribution in [-0.2, 0) is 22.6 Å². The standard InChI is InChI=1S/C24H31ClN2O3/c1-5-17(3)26-24(29)18(4)27(15-20-8-7-9-21(25)14-20)23(28)16-30-22-12-10-19(6-2)11-13-22/h7-14,17-18H,5-6,15-16H2,1-4H3,(H,26,29)/t17-,18-/m1/s1. The molecule has 2 atom stereocenters. The summed E-state index contributed by atoms with van der Waals surface area (Å²) in [6.07, 6.45) is 1.76. The number of nitrogens with one attached hydrogen (secondary N) is 1. The minimum atomic E-state index is -0.642. The Bertz CT molecular complexity index is 839. The molecule has 0 saturated heterocycles. The van der Waals surface area contributed by atoms with E-state index in [1.165, 1.54) is 10.5 Å². The van der Waals surface area contributed by atoms with E-state index in [1.54, 1.807) is 19.1 Å². The summed E-state index contributed by atoms with van der Waals surface area (Å²) in [5, 5.41) is 3.54. The first kappa shape index (κ1) is 23.7. The van der Waals surface area contributed by atoms with Crippen LogP contribution in [0, 0.1) is 0 Å². The normalized spacial score (nSPS) is 12.7. The fourth-order valence-electron chi connectivity index (χ4n) is 2.93. The molecule has 0 bridgehead atoms. The van der Waals surface area contributed by atoms with Gasteiger partial charge in [-0.25, -0.2) is 0 Å². The molecule has 0 unspecified atom stereocenters. The Hall–Kier alpha value is -2.53. The molecule has 0 aliphatic carbocycles. The maximum atomic E-state index is 13.0. The third kappa shape index (κ3) is 7.06. The molecule has 2 aromatic carbocycles. The number of ether oxygens (including phenoxy) is 1. The number of carbonyl (C=O) groups is 2. The molecule has 1 N–H and O–H groups in total. The summed E-state index contributed by atoms with van der Waals surface area (Å²) in [7, 11) is 0. The molecular weight excluding hydrogens is 400 g/mol. The Kier molecular flexibility index (Phi) is 9.18. The van der Waals surface area contributed by atoms with Crippen molar-refractivity contribution in [1.82, 2.24) is 10.2 Å². The quantitative estimate of drug-likeness (QED) is 0.598. The zero-order valence-electron chi connectivity index (χ0n) is 18.2. The van der Waals surface area contributed by atoms with Crippen LogP contribution in [0.25, 0.3) is 0 Å². The molecule has 0 radical (unpaired) electrons. The van der Waals surface area contributed by atoms with Gasteiger partial charge < -0.3 is 15.0 Å². The smallest absolute Gasteiger partial charge is 0.261 e. The highest BCUT2D eigenvalue weighted by Crippen LogP contribution is 2.16. The van der Waals surface area contributed by atoms with Gasteiger partial charge in [-0.3, -0.25) is 9.59 Å². The van der Waals surface area contributed by atoms with Crippen molar-refractivity contribution in [1.29, 1.82) is 0 Å². The minimum absolute atomic E-state index is 0.0383. The summed E-state index contributed by atoms with van der Waals surface area (Å²) >= 11 is 6.10. The first-order chi connectivity index (χ1) is 14.3. The van der Waals surface area contributed by atoms with Gasteiger partial charge in [0.05, 0.1) is 0 Å². The summed E-state index contributed by atoms with van der Waals surface area (Å²) in [6.45, 7) is 7.88. The number of rotatable bonds is 10. The molecule has 0 aliphatic rings. The number of carbonyl (C=O) groups excluding carboxylic acids is 2. The number of amides is 2. The zero-order valence-corrected chi connectivity index (χ0v) is 18.9. The van der Waals surface area contributed by atoms with Crippen molar-refractivity contribution in [2.75, 3.05) is 6.61 Å². The SMILES string of the molecule is CCc1ccc(OCC(=O)N(Cc2cccc(Cl)c2)[C@H](C)C(=O)N[C@H](C)CC)cc1. The van der Waals surface area contributed by atoms with E-state index in [1.807, 2.05) is 50.2 Å². The van der Waals surface area contributed by atoms with Gasteiger partial charge in [-0.2, -0.15) is 0 Å². The second kappa shape index (κ2) is 11.6. The Balaban J connectivity index is 2.13. The van der Waals surface area contributed by atoms with Gasteiger partial charge in [-0.15, -0.1) is 0 Å². The number of aryl methyl sites for hydroxylation is 1. The first-order valence-corrected chi connectivity index (χ1v) is 10.8. The number of halogens is 1. The molecule has 162 valence electrons. The van der Waals surface area contributed by atoms with Crippen molar-refractivity contribution >= 4 is 23.4 Å². The molecular formula is C24H31ClN2O3. The van der Waals surface area contributed by atoms with Crippen LogP contribution in [0.2, 0.25) is 5.02 Å². The topological polar surface area (TPSA) is 58.6 Å². The molecule has 2 rings (SSSR count). The lowest BCUT2D eigenvalue weighted by molar-refractivity contribution is -0.142. The van der Waals surface area contributed by atoms with Crippen LogP contribution >= 0.6 is 11.6 Å². The molecule has 0 heterocycles. The van der Waals surface area contributed by atoms with Gasteiger partial charge in [0, 0.05) is 17.6 Å². The van der Waals surface area contributed by atoms with E-state index < -0.39 is 6.04 Å². The van der Waals surface area contributed by atoms with Crippen molar-refractivity contribution in [3.05, 3.63) is 64.7 Å². The van der Waals surface area contributed by atoms with Gasteiger partial charge in [0.1, 0.15) is 11.8 Å². The van der Waals surface area contributed by atoms with Gasteiger partial charge in [-0.05, 0) is 62.1 Å². The van der Waals surface area contributed by atoms with E-state index in [9.17, 15) is 9.59 Å². The van der Waals surface area contributed by atoms with Crippen LogP contribution in [0.4, 0.5) is 0 Å². The summed E-state index contributed by atoms with van der Waals surface area (Å²) in [5.41, 5.74) is 2.05. The van der Waals surface area contributed by atoms with E-state index >= 15 is 0 Å². The fraction of sp³-hybridized carbons (Fsp3) is 0.417. The Labute approximate surface area is 184 Å². The average Bonchev–Trinajstić information content (AvgIpc) is 2.75. The number of hydrogen-bond donors (Lipinski definition) is 1. The van der Waals surface area contributed by atoms with Gasteiger partial charge in [0.15, 0.2) is 6.61 Å². The van der Waals surface area contributed by atoms with Crippen molar-refractivity contribution < 1.29 is 14.3 Å². The zero-order chi connectivity index (χ0) is 22.1. The highest BCUT2D eigenvalue weighted by Gasteiger charge is 2.27. The predicted molar refractivity (Wildman–Crippen MR) is 121 cm³/mol. The van der Waals surface area contributed by atoms with Crippen LogP contribution < -0.4 is 10.1 Å². The highest BCUT2D eigenvalue weighted by molar-refractivity contribution is 6.30. The second-order valence-corrected chi connectivity index (χ2v) is 7.87. The molecule has 2 aromatic rings. The molecule has 0 spiro atoms. The van der Waals surface area contributed by atoms with E-state index in [0.717, 1.165) is 18.4 Å². The Morgan fingerprint density at radius 1 is 1.07 bits per heavy atom. The van der Waals surface area contributed by atoms with Gasteiger partial charge in [-0.1, -0.05) is 49.7 Å². The van der Waals surface area contributed by atoms with E-state index in [2.05, 4.69) is 12.2 Å². The Morgan fingerprint density at radius 2 is 1.77 bits per heavy atom. The highest BCUT2D eigenvalue weighted by atomic mass is 35.5. The molecule has 30 heavy (non-hydrogen) atoms. The second-order valence-electron chi connectivity index (χ2n) is 7.43. The molecule has 2 amide bonds. The summed E-state index contributed by atoms with van der Waals surface area (Å²) in [5.74, 6) is 0.174. The predicted octanol–water partition coefficient (Wildman–Crippen LogP) is 4.61. The lowest BCUT2D eigenvalue weighted by atomic mass is 10.1. The molecule has 5 nitrogen and oxygen atoms in total. The fourth-order valence-corrected chi connectivity index (χ4v) is 3.14. The lowest BCUT2D eigenvalue weighted by Gasteiger charge is -2.29. The van der Waals surface area contributed by atoms with Crippen LogP contribution in [0.1, 0.15) is 45.2 Å². The molecule has 0 aliphatic heterocycles. The third-order valence-electron chi connectivity index (χ3n) is 5.10. The van der Waals surface area contributed by atoms with Gasteiger partial charge in [0.25, 0.3) is 5.91 Å². The summed E-state index contributed by atoms with van der Waals surface area (Å²) in [4.78, 5) is 27.2. The summed E-state index contributed by atoms with van der Waals surface area (Å²) in [6, 6.07) is 14.3. The van der Waals surface area contributed by atoms with Crippen LogP contribution in [-0.4, -0.2) is 35.4 Å². The van der Waals surface area contributed by atoms with Gasteiger partial charge in [0.2, 0.25) is 5.91 Å². The molecule has 0 aromatic heterocycles. The lowest BCUT2D eigenvalue weighted by Crippen LogP contribution is -2.50. The maximum absolute atomic E-state index is 13.0. The molecule has 0 saturated carbocycles. The number of nitrogens with zero attached hydrogens (tertiary/aromatic N) is 1. The van der Waals surface area contributed by atoms with E-state index in [0.29, 0.717) is 10.8 Å². The molecule has 0 fully saturated rings. The first-order valence-electron chi connectivity index (χ1n) is 10.4. The van der Waals surface area contributed by atoms with Crippen molar-refractivity contribution in [3.8, 4) is 5.75 Å². The molecule has 6 heteroatoms. The van der Waals surface area contributed by atoms with Crippen molar-refractivity contribution in [2.24, 2.45) is 0 Å². The van der Waals surface area contributed by atoms with Crippen LogP contribution in [0.5, 0.6) is 5.75 Å². The Morgan fingerprint density at radius 3 is 2.37 bits per heavy atom. The van der Waals surface area contributed by atoms with Crippen LogP contribution in [0.3, 0.4) is 0 Å². The van der Waals surface area contributed by atoms with E-state index in [-0.39, 0.29) is 31.0 Å². The maximum Gasteiger partial charge on any atom is 0.261 e. The van der Waals surface area contributed by atoms with Gasteiger partial charge >= 0.3 is 0 Å². The largest absolute Gasteiger partial charge is 0.484 e. The minimum Gasteiger partial charge on any atom is -0.484 e. The number of benzene rings is 2. The summed E-state index contributed by atoms with van der Waals surface area (Å²) < 4.78 is 5.69. The van der Waals surface area contributed by atoms with Crippen molar-refractivity contribution in [2.45, 2.75) is 59.2 Å². The number of hydrogen-bond acceptors (Lipinski definition) is 3. The van der Waals surface area contributed by atoms with E-state index in [4.69, 9.17) is 16.3 Å². The monoisotopic (exact) mass is 430 g/mol. The van der Waals surface area contributed by atoms with Crippen molar-refractivity contribution in [3.63, 3.8) is 0 Å². The average molecular weight is 431 g/mol. The van der Waals surface area contributed by atoms with Crippen LogP contribution in [0.15, 0.2) is 48.5 Å². The third-order valence-corrected chi connectivity index (χ3v) is 5.34.